The average molecular weight is 446 g/mol. The quantitative estimate of drug-likeness (QED) is 0.322. The number of anilines is 1. The van der Waals surface area contributed by atoms with E-state index in [0.29, 0.717) is 13.0 Å². The second-order valence-corrected chi connectivity index (χ2v) is 9.31. The Labute approximate surface area is 199 Å². The van der Waals surface area contributed by atoms with E-state index in [1.54, 1.807) is 0 Å². The van der Waals surface area contributed by atoms with Gasteiger partial charge in [0.1, 0.15) is 5.82 Å². The summed E-state index contributed by atoms with van der Waals surface area (Å²) in [5, 5.41) is 2.50. The Morgan fingerprint density at radius 1 is 0.882 bits per heavy atom. The lowest BCUT2D eigenvalue weighted by atomic mass is 10.0. The van der Waals surface area contributed by atoms with Crippen molar-refractivity contribution in [2.75, 3.05) is 11.4 Å². The van der Waals surface area contributed by atoms with Crippen molar-refractivity contribution < 1.29 is 4.79 Å². The number of nitrogens with zero attached hydrogens (tertiary/aromatic N) is 3. The summed E-state index contributed by atoms with van der Waals surface area (Å²) in [6, 6.07) is 29.5. The molecule has 1 fully saturated rings. The van der Waals surface area contributed by atoms with Crippen LogP contribution >= 0.6 is 0 Å². The highest BCUT2D eigenvalue weighted by atomic mass is 16.2. The summed E-state index contributed by atoms with van der Waals surface area (Å²) in [7, 11) is 0. The maximum Gasteiger partial charge on any atom is 0.227 e. The molecule has 1 atom stereocenters. The highest BCUT2D eigenvalue weighted by Gasteiger charge is 2.35. The molecule has 4 aromatic carbocycles. The van der Waals surface area contributed by atoms with Gasteiger partial charge >= 0.3 is 0 Å². The molecular formula is C30H27N3O. The second-order valence-electron chi connectivity index (χ2n) is 9.31. The predicted octanol–water partition coefficient (Wildman–Crippen LogP) is 6.38. The van der Waals surface area contributed by atoms with Gasteiger partial charge in [-0.15, -0.1) is 0 Å². The van der Waals surface area contributed by atoms with Crippen LogP contribution in [0, 0.1) is 13.8 Å². The fourth-order valence-electron chi connectivity index (χ4n) is 5.31. The van der Waals surface area contributed by atoms with Crippen molar-refractivity contribution in [3.8, 4) is 0 Å². The number of aryl methyl sites for hydroxylation is 1. The van der Waals surface area contributed by atoms with Crippen LogP contribution in [0.15, 0.2) is 84.9 Å². The number of amides is 1. The smallest absolute Gasteiger partial charge is 0.227 e. The molecule has 4 heteroatoms. The van der Waals surface area contributed by atoms with Crippen LogP contribution in [-0.4, -0.2) is 22.0 Å². The summed E-state index contributed by atoms with van der Waals surface area (Å²) in [4.78, 5) is 20.2. The van der Waals surface area contributed by atoms with Gasteiger partial charge in [-0.3, -0.25) is 4.79 Å². The second kappa shape index (κ2) is 8.14. The van der Waals surface area contributed by atoms with Crippen LogP contribution in [0.5, 0.6) is 0 Å². The standard InChI is InChI=1S/C30H27N3O/c1-20-9-7-16-27(21(20)2)32-19-24(17-29(32)34)30-31-26-14-5-6-15-28(26)33(30)18-23-12-8-11-22-10-3-4-13-25(22)23/h3-16,24H,17-19H2,1-2H3. The van der Waals surface area contributed by atoms with Crippen LogP contribution in [0.4, 0.5) is 5.69 Å². The molecule has 5 aromatic rings. The summed E-state index contributed by atoms with van der Waals surface area (Å²) in [5.41, 5.74) is 6.75. The number of hydrogen-bond donors (Lipinski definition) is 0. The summed E-state index contributed by atoms with van der Waals surface area (Å²) < 4.78 is 2.32. The molecule has 0 spiro atoms. The van der Waals surface area contributed by atoms with Crippen LogP contribution in [0.1, 0.15) is 34.9 Å². The van der Waals surface area contributed by atoms with Gasteiger partial charge in [-0.25, -0.2) is 4.98 Å². The number of hydrogen-bond acceptors (Lipinski definition) is 2. The van der Waals surface area contributed by atoms with Crippen molar-refractivity contribution in [1.29, 1.82) is 0 Å². The van der Waals surface area contributed by atoms with Gasteiger partial charge < -0.3 is 9.47 Å². The highest BCUT2D eigenvalue weighted by molar-refractivity contribution is 5.97. The van der Waals surface area contributed by atoms with E-state index in [0.717, 1.165) is 29.1 Å². The number of carbonyl (C=O) groups excluding carboxylic acids is 1. The third kappa shape index (κ3) is 3.38. The van der Waals surface area contributed by atoms with Gasteiger partial charge in [0.05, 0.1) is 11.0 Å². The maximum atomic E-state index is 13.2. The predicted molar refractivity (Wildman–Crippen MR) is 138 cm³/mol. The molecule has 0 aliphatic carbocycles. The third-order valence-electron chi connectivity index (χ3n) is 7.25. The molecule has 34 heavy (non-hydrogen) atoms. The minimum absolute atomic E-state index is 0.0507. The molecule has 1 aromatic heterocycles. The third-order valence-corrected chi connectivity index (χ3v) is 7.25. The van der Waals surface area contributed by atoms with Crippen molar-refractivity contribution in [2.45, 2.75) is 32.7 Å². The molecule has 0 radical (unpaired) electrons. The molecule has 0 saturated carbocycles. The Morgan fingerprint density at radius 3 is 2.56 bits per heavy atom. The minimum Gasteiger partial charge on any atom is -0.323 e. The van der Waals surface area contributed by atoms with E-state index in [-0.39, 0.29) is 11.8 Å². The first-order valence-electron chi connectivity index (χ1n) is 11.9. The monoisotopic (exact) mass is 445 g/mol. The molecule has 1 saturated heterocycles. The number of para-hydroxylation sites is 2. The molecule has 168 valence electrons. The van der Waals surface area contributed by atoms with Crippen molar-refractivity contribution in [2.24, 2.45) is 0 Å². The molecule has 1 unspecified atom stereocenters. The fourth-order valence-corrected chi connectivity index (χ4v) is 5.31. The first-order valence-corrected chi connectivity index (χ1v) is 11.9. The summed E-state index contributed by atoms with van der Waals surface area (Å²) in [6.45, 7) is 5.58. The number of carbonyl (C=O) groups is 1. The minimum atomic E-state index is 0.0507. The van der Waals surface area contributed by atoms with Crippen LogP contribution in [0.2, 0.25) is 0 Å². The lowest BCUT2D eigenvalue weighted by molar-refractivity contribution is -0.117. The molecule has 4 nitrogen and oxygen atoms in total. The Morgan fingerprint density at radius 2 is 1.65 bits per heavy atom. The summed E-state index contributed by atoms with van der Waals surface area (Å²) in [5.74, 6) is 1.22. The molecule has 1 aliphatic heterocycles. The van der Waals surface area contributed by atoms with Crippen LogP contribution < -0.4 is 4.90 Å². The molecular weight excluding hydrogens is 418 g/mol. The molecule has 1 amide bonds. The van der Waals surface area contributed by atoms with Gasteiger partial charge in [0.25, 0.3) is 0 Å². The highest BCUT2D eigenvalue weighted by Crippen LogP contribution is 2.35. The Kier molecular flexibility index (Phi) is 4.95. The lowest BCUT2D eigenvalue weighted by Gasteiger charge is -2.20. The van der Waals surface area contributed by atoms with Gasteiger partial charge in [-0.2, -0.15) is 0 Å². The Bertz CT molecular complexity index is 1540. The van der Waals surface area contributed by atoms with Crippen LogP contribution in [0.25, 0.3) is 21.8 Å². The van der Waals surface area contributed by atoms with E-state index in [2.05, 4.69) is 91.2 Å². The fraction of sp³-hybridized carbons (Fsp3) is 0.200. The Hall–Kier alpha value is -3.92. The number of rotatable bonds is 4. The number of benzene rings is 4. The zero-order valence-corrected chi connectivity index (χ0v) is 19.5. The van der Waals surface area contributed by atoms with Gasteiger partial charge in [0, 0.05) is 31.1 Å². The van der Waals surface area contributed by atoms with E-state index < -0.39 is 0 Å². The molecule has 2 heterocycles. The number of imidazole rings is 1. The molecule has 0 N–H and O–H groups in total. The summed E-state index contributed by atoms with van der Waals surface area (Å²) >= 11 is 0. The van der Waals surface area contributed by atoms with Gasteiger partial charge in [0.2, 0.25) is 5.91 Å². The van der Waals surface area contributed by atoms with Gasteiger partial charge in [0.15, 0.2) is 0 Å². The normalized spacial score (nSPS) is 16.1. The van der Waals surface area contributed by atoms with Crippen molar-refractivity contribution in [3.05, 3.63) is 107 Å². The van der Waals surface area contributed by atoms with Crippen molar-refractivity contribution in [1.82, 2.24) is 9.55 Å². The van der Waals surface area contributed by atoms with E-state index in [4.69, 9.17) is 4.98 Å². The molecule has 6 rings (SSSR count). The van der Waals surface area contributed by atoms with Gasteiger partial charge in [-0.05, 0) is 59.5 Å². The first kappa shape index (κ1) is 20.7. The van der Waals surface area contributed by atoms with Gasteiger partial charge in [-0.1, -0.05) is 66.7 Å². The molecule has 0 bridgehead atoms. The van der Waals surface area contributed by atoms with Crippen molar-refractivity contribution in [3.63, 3.8) is 0 Å². The van der Waals surface area contributed by atoms with E-state index in [1.807, 2.05) is 17.0 Å². The van der Waals surface area contributed by atoms with E-state index >= 15 is 0 Å². The first-order chi connectivity index (χ1) is 16.6. The number of aromatic nitrogens is 2. The van der Waals surface area contributed by atoms with Crippen LogP contribution in [-0.2, 0) is 11.3 Å². The number of fused-ring (bicyclic) bond motifs is 2. The SMILES string of the molecule is Cc1cccc(N2CC(c3nc4ccccc4n3Cc3cccc4ccccc34)CC2=O)c1C. The van der Waals surface area contributed by atoms with Crippen LogP contribution in [0.3, 0.4) is 0 Å². The Balaban J connectivity index is 1.43. The van der Waals surface area contributed by atoms with E-state index in [1.165, 1.54) is 27.5 Å². The summed E-state index contributed by atoms with van der Waals surface area (Å²) in [6.07, 6.45) is 0.478. The van der Waals surface area contributed by atoms with E-state index in [9.17, 15) is 4.79 Å². The zero-order chi connectivity index (χ0) is 23.2. The topological polar surface area (TPSA) is 38.1 Å². The zero-order valence-electron chi connectivity index (χ0n) is 19.5. The maximum absolute atomic E-state index is 13.2. The van der Waals surface area contributed by atoms with Crippen molar-refractivity contribution >= 4 is 33.4 Å². The average Bonchev–Trinajstić information content (AvgIpc) is 3.42. The molecule has 1 aliphatic rings. The largest absolute Gasteiger partial charge is 0.323 e. The lowest BCUT2D eigenvalue weighted by Crippen LogP contribution is -2.25.